The Labute approximate surface area is 112 Å². The van der Waals surface area contributed by atoms with Crippen molar-refractivity contribution >= 4 is 17.4 Å². The first kappa shape index (κ1) is 12.8. The van der Waals surface area contributed by atoms with Gasteiger partial charge in [0.05, 0.1) is 5.92 Å². The smallest absolute Gasteiger partial charge is 0.144 e. The molecule has 0 bridgehead atoms. The topological polar surface area (TPSA) is 17.1 Å². The Hall–Kier alpha value is -1.60. The zero-order chi connectivity index (χ0) is 13.0. The molecule has 0 spiro atoms. The number of hydrogen-bond donors (Lipinski definition) is 0. The average Bonchev–Trinajstić information content (AvgIpc) is 2.42. The Morgan fingerprint density at radius 3 is 2.11 bits per heavy atom. The molecule has 0 saturated heterocycles. The summed E-state index contributed by atoms with van der Waals surface area (Å²) in [5.74, 6) is 0.0389. The van der Waals surface area contributed by atoms with Gasteiger partial charge in [-0.15, -0.1) is 0 Å². The van der Waals surface area contributed by atoms with Crippen molar-refractivity contribution in [3.8, 4) is 0 Å². The molecule has 2 rings (SSSR count). The maximum Gasteiger partial charge on any atom is 0.144 e. The summed E-state index contributed by atoms with van der Waals surface area (Å²) in [5, 5.41) is 0.689. The van der Waals surface area contributed by atoms with Gasteiger partial charge in [-0.2, -0.15) is 0 Å². The number of carbonyl (C=O) groups is 1. The van der Waals surface area contributed by atoms with Crippen LogP contribution in [0.25, 0.3) is 0 Å². The van der Waals surface area contributed by atoms with Crippen molar-refractivity contribution in [1.82, 2.24) is 0 Å². The lowest BCUT2D eigenvalue weighted by Gasteiger charge is -2.16. The Kier molecular flexibility index (Phi) is 4.16. The van der Waals surface area contributed by atoms with Gasteiger partial charge in [0.1, 0.15) is 5.78 Å². The number of ketones is 1. The molecule has 92 valence electrons. The third-order valence-electron chi connectivity index (χ3n) is 3.01. The molecule has 2 aromatic rings. The van der Waals surface area contributed by atoms with Crippen LogP contribution in [0.4, 0.5) is 0 Å². The Bertz CT molecular complexity index is 517. The van der Waals surface area contributed by atoms with Gasteiger partial charge in [-0.05, 0) is 23.3 Å². The number of Topliss-reactive ketones (excluding diaryl/α,β-unsaturated/α-hetero) is 1. The molecule has 0 aliphatic carbocycles. The first-order valence-electron chi connectivity index (χ1n) is 6.05. The summed E-state index contributed by atoms with van der Waals surface area (Å²) in [6, 6.07) is 17.4. The SMILES string of the molecule is CCC(=O)C(c1ccccc1)c1ccc(Cl)cc1. The molecule has 0 radical (unpaired) electrons. The van der Waals surface area contributed by atoms with Crippen LogP contribution in [0.2, 0.25) is 5.02 Å². The minimum atomic E-state index is -0.187. The largest absolute Gasteiger partial charge is 0.299 e. The zero-order valence-corrected chi connectivity index (χ0v) is 11.0. The van der Waals surface area contributed by atoms with Crippen LogP contribution in [-0.2, 0) is 4.79 Å². The van der Waals surface area contributed by atoms with E-state index >= 15 is 0 Å². The summed E-state index contributed by atoms with van der Waals surface area (Å²) in [7, 11) is 0. The molecule has 1 unspecified atom stereocenters. The minimum absolute atomic E-state index is 0.187. The van der Waals surface area contributed by atoms with Crippen molar-refractivity contribution in [2.24, 2.45) is 0 Å². The summed E-state index contributed by atoms with van der Waals surface area (Å²) < 4.78 is 0. The Balaban J connectivity index is 2.43. The number of benzene rings is 2. The van der Waals surface area contributed by atoms with E-state index in [1.54, 1.807) is 0 Å². The Morgan fingerprint density at radius 2 is 1.56 bits per heavy atom. The van der Waals surface area contributed by atoms with E-state index in [1.165, 1.54) is 0 Å². The van der Waals surface area contributed by atoms with E-state index in [9.17, 15) is 4.79 Å². The minimum Gasteiger partial charge on any atom is -0.299 e. The molecule has 0 aliphatic heterocycles. The van der Waals surface area contributed by atoms with Crippen LogP contribution in [0, 0.1) is 0 Å². The van der Waals surface area contributed by atoms with Crippen molar-refractivity contribution in [2.45, 2.75) is 19.3 Å². The number of hydrogen-bond acceptors (Lipinski definition) is 1. The maximum atomic E-state index is 12.2. The second-order valence-corrected chi connectivity index (χ2v) is 4.65. The molecule has 0 amide bonds. The zero-order valence-electron chi connectivity index (χ0n) is 10.3. The molecule has 1 nitrogen and oxygen atoms in total. The molecule has 0 heterocycles. The summed E-state index contributed by atoms with van der Waals surface area (Å²) in [6.07, 6.45) is 0.530. The highest BCUT2D eigenvalue weighted by atomic mass is 35.5. The van der Waals surface area contributed by atoms with Crippen molar-refractivity contribution in [3.63, 3.8) is 0 Å². The highest BCUT2D eigenvalue weighted by Crippen LogP contribution is 2.27. The van der Waals surface area contributed by atoms with Crippen LogP contribution in [0.3, 0.4) is 0 Å². The van der Waals surface area contributed by atoms with Crippen molar-refractivity contribution in [2.75, 3.05) is 0 Å². The first-order chi connectivity index (χ1) is 8.72. The van der Waals surface area contributed by atoms with Gasteiger partial charge in [0.2, 0.25) is 0 Å². The van der Waals surface area contributed by atoms with Crippen LogP contribution < -0.4 is 0 Å². The monoisotopic (exact) mass is 258 g/mol. The number of halogens is 1. The van der Waals surface area contributed by atoms with Crippen LogP contribution >= 0.6 is 11.6 Å². The third-order valence-corrected chi connectivity index (χ3v) is 3.26. The maximum absolute atomic E-state index is 12.2. The molecule has 18 heavy (non-hydrogen) atoms. The lowest BCUT2D eigenvalue weighted by molar-refractivity contribution is -0.119. The van der Waals surface area contributed by atoms with Gasteiger partial charge in [-0.3, -0.25) is 4.79 Å². The van der Waals surface area contributed by atoms with E-state index < -0.39 is 0 Å². The fourth-order valence-corrected chi connectivity index (χ4v) is 2.20. The van der Waals surface area contributed by atoms with Gasteiger partial charge in [0.25, 0.3) is 0 Å². The van der Waals surface area contributed by atoms with Crippen LogP contribution in [-0.4, -0.2) is 5.78 Å². The summed E-state index contributed by atoms with van der Waals surface area (Å²) >= 11 is 5.89. The van der Waals surface area contributed by atoms with E-state index in [4.69, 9.17) is 11.6 Å². The molecule has 1 atom stereocenters. The number of rotatable bonds is 4. The normalized spacial score (nSPS) is 12.1. The standard InChI is InChI=1S/C16H15ClO/c1-2-15(18)16(12-6-4-3-5-7-12)13-8-10-14(17)11-9-13/h3-11,16H,2H2,1H3. The van der Waals surface area contributed by atoms with Crippen LogP contribution in [0.15, 0.2) is 54.6 Å². The van der Waals surface area contributed by atoms with E-state index in [2.05, 4.69) is 0 Å². The average molecular weight is 259 g/mol. The molecule has 0 saturated carbocycles. The predicted octanol–water partition coefficient (Wildman–Crippen LogP) is 4.45. The lowest BCUT2D eigenvalue weighted by atomic mass is 9.87. The molecular weight excluding hydrogens is 244 g/mol. The van der Waals surface area contributed by atoms with Crippen LogP contribution in [0.5, 0.6) is 0 Å². The summed E-state index contributed by atoms with van der Waals surface area (Å²) in [5.41, 5.74) is 2.03. The Morgan fingerprint density at radius 1 is 1.00 bits per heavy atom. The highest BCUT2D eigenvalue weighted by Gasteiger charge is 2.20. The lowest BCUT2D eigenvalue weighted by Crippen LogP contribution is -2.12. The van der Waals surface area contributed by atoms with Gasteiger partial charge >= 0.3 is 0 Å². The number of carbonyl (C=O) groups excluding carboxylic acids is 1. The van der Waals surface area contributed by atoms with Gasteiger partial charge in [-0.25, -0.2) is 0 Å². The van der Waals surface area contributed by atoms with Gasteiger partial charge in [-0.1, -0.05) is 61.0 Å². The molecule has 0 N–H and O–H groups in total. The van der Waals surface area contributed by atoms with Gasteiger partial charge < -0.3 is 0 Å². The summed E-state index contributed by atoms with van der Waals surface area (Å²) in [6.45, 7) is 1.90. The van der Waals surface area contributed by atoms with Gasteiger partial charge in [0, 0.05) is 11.4 Å². The summed E-state index contributed by atoms with van der Waals surface area (Å²) in [4.78, 5) is 12.2. The molecule has 2 heteroatoms. The van der Waals surface area contributed by atoms with Crippen LogP contribution in [0.1, 0.15) is 30.4 Å². The first-order valence-corrected chi connectivity index (χ1v) is 6.43. The van der Waals surface area contributed by atoms with E-state index in [0.29, 0.717) is 11.4 Å². The second kappa shape index (κ2) is 5.83. The van der Waals surface area contributed by atoms with E-state index in [1.807, 2.05) is 61.5 Å². The van der Waals surface area contributed by atoms with Crippen molar-refractivity contribution < 1.29 is 4.79 Å². The quantitative estimate of drug-likeness (QED) is 0.792. The molecule has 0 aromatic heterocycles. The van der Waals surface area contributed by atoms with E-state index in [0.717, 1.165) is 11.1 Å². The highest BCUT2D eigenvalue weighted by molar-refractivity contribution is 6.30. The van der Waals surface area contributed by atoms with E-state index in [-0.39, 0.29) is 11.7 Å². The molecule has 2 aromatic carbocycles. The van der Waals surface area contributed by atoms with Crippen molar-refractivity contribution in [3.05, 3.63) is 70.7 Å². The second-order valence-electron chi connectivity index (χ2n) is 4.22. The fourth-order valence-electron chi connectivity index (χ4n) is 2.07. The third kappa shape index (κ3) is 2.80. The predicted molar refractivity (Wildman–Crippen MR) is 75.0 cm³/mol. The fraction of sp³-hybridized carbons (Fsp3) is 0.188. The molecular formula is C16H15ClO. The molecule has 0 aliphatic rings. The van der Waals surface area contributed by atoms with Gasteiger partial charge in [0.15, 0.2) is 0 Å². The molecule has 0 fully saturated rings. The van der Waals surface area contributed by atoms with Crippen molar-refractivity contribution in [1.29, 1.82) is 0 Å².